The lowest BCUT2D eigenvalue weighted by atomic mass is 9.87. The van der Waals surface area contributed by atoms with Gasteiger partial charge in [0, 0.05) is 37.1 Å². The number of carbonyl (C=O) groups is 2. The van der Waals surface area contributed by atoms with Gasteiger partial charge in [-0.05, 0) is 70.5 Å². The summed E-state index contributed by atoms with van der Waals surface area (Å²) in [4.78, 5) is 27.2. The first-order valence-corrected chi connectivity index (χ1v) is 12.0. The minimum atomic E-state index is -0.483. The van der Waals surface area contributed by atoms with Crippen LogP contribution in [0.25, 0.3) is 16.7 Å². The van der Waals surface area contributed by atoms with Crippen LogP contribution in [0.1, 0.15) is 56.7 Å². The highest BCUT2D eigenvalue weighted by Gasteiger charge is 2.38. The van der Waals surface area contributed by atoms with Gasteiger partial charge in [-0.25, -0.2) is 0 Å². The highest BCUT2D eigenvalue weighted by atomic mass is 16.7. The molecule has 6 rings (SSSR count). The smallest absolute Gasteiger partial charge is 0.254 e. The molecule has 1 spiro atoms. The van der Waals surface area contributed by atoms with Crippen LogP contribution in [0.2, 0.25) is 0 Å². The Kier molecular flexibility index (Phi) is 5.28. The zero-order valence-electron chi connectivity index (χ0n) is 19.1. The standard InChI is InChI=1S/C27H28N2O5/c28-25(30)24-15-19(17-3-5-27(6-4-17)33-11-12-34-27)14-22-21-2-1-18(13-20(21)16-23(22)24)26(31)29-7-9-32-10-8-29/h1-3,13-15H,4-12,16H2,(H2,28,30). The molecule has 2 aromatic rings. The minimum Gasteiger partial charge on any atom is -0.378 e. The number of benzene rings is 2. The number of morpholine rings is 1. The summed E-state index contributed by atoms with van der Waals surface area (Å²) in [6.07, 6.45) is 5.08. The largest absolute Gasteiger partial charge is 0.378 e. The van der Waals surface area contributed by atoms with E-state index in [0.29, 0.717) is 63.5 Å². The third-order valence-corrected chi connectivity index (χ3v) is 7.44. The van der Waals surface area contributed by atoms with E-state index in [1.807, 2.05) is 29.2 Å². The molecule has 7 heteroatoms. The van der Waals surface area contributed by atoms with Crippen LogP contribution in [0.4, 0.5) is 0 Å². The van der Waals surface area contributed by atoms with E-state index in [4.69, 9.17) is 19.9 Å². The molecule has 2 fully saturated rings. The maximum atomic E-state index is 13.0. The molecule has 0 atom stereocenters. The van der Waals surface area contributed by atoms with Gasteiger partial charge in [-0.2, -0.15) is 0 Å². The number of hydrogen-bond acceptors (Lipinski definition) is 5. The summed E-state index contributed by atoms with van der Waals surface area (Å²) in [5, 5.41) is 0. The molecule has 2 aliphatic carbocycles. The Morgan fingerprint density at radius 2 is 1.76 bits per heavy atom. The van der Waals surface area contributed by atoms with E-state index >= 15 is 0 Å². The SMILES string of the molecule is NC(=O)c1cc(C2=CCC3(CC2)OCCO3)cc2c1Cc1cc(C(=O)N3CCOCC3)ccc1-2. The first-order chi connectivity index (χ1) is 16.5. The molecule has 2 heterocycles. The number of hydrogen-bond donors (Lipinski definition) is 1. The average molecular weight is 461 g/mol. The minimum absolute atomic E-state index is 0.0236. The average Bonchev–Trinajstić information content (AvgIpc) is 3.48. The van der Waals surface area contributed by atoms with E-state index in [0.717, 1.165) is 40.7 Å². The fraction of sp³-hybridized carbons (Fsp3) is 0.407. The molecule has 0 bridgehead atoms. The highest BCUT2D eigenvalue weighted by molar-refractivity contribution is 6.00. The third kappa shape index (κ3) is 3.64. The number of amides is 2. The number of rotatable bonds is 3. The Bertz CT molecular complexity index is 1210. The molecule has 2 saturated heterocycles. The molecular formula is C27H28N2O5. The Labute approximate surface area is 198 Å². The summed E-state index contributed by atoms with van der Waals surface area (Å²) in [6.45, 7) is 3.64. The molecule has 0 radical (unpaired) electrons. The molecule has 2 amide bonds. The Balaban J connectivity index is 1.34. The van der Waals surface area contributed by atoms with Crippen LogP contribution in [-0.2, 0) is 20.6 Å². The van der Waals surface area contributed by atoms with Gasteiger partial charge >= 0.3 is 0 Å². The summed E-state index contributed by atoms with van der Waals surface area (Å²) in [7, 11) is 0. The number of nitrogens with zero attached hydrogens (tertiary/aromatic N) is 1. The van der Waals surface area contributed by atoms with Crippen molar-refractivity contribution in [3.05, 3.63) is 64.2 Å². The van der Waals surface area contributed by atoms with Crippen LogP contribution in [0.15, 0.2) is 36.4 Å². The first-order valence-electron chi connectivity index (χ1n) is 12.0. The van der Waals surface area contributed by atoms with E-state index < -0.39 is 11.7 Å². The maximum absolute atomic E-state index is 13.0. The summed E-state index contributed by atoms with van der Waals surface area (Å²) in [5.41, 5.74) is 13.3. The molecule has 0 unspecified atom stereocenters. The Morgan fingerprint density at radius 1 is 0.971 bits per heavy atom. The molecule has 7 nitrogen and oxygen atoms in total. The van der Waals surface area contributed by atoms with E-state index in [1.54, 1.807) is 0 Å². The van der Waals surface area contributed by atoms with Crippen molar-refractivity contribution in [2.75, 3.05) is 39.5 Å². The number of fused-ring (bicyclic) bond motifs is 3. The van der Waals surface area contributed by atoms with Crippen molar-refractivity contribution in [2.45, 2.75) is 31.5 Å². The summed E-state index contributed by atoms with van der Waals surface area (Å²) in [5.74, 6) is -0.885. The number of allylic oxidation sites excluding steroid dienone is 1. The number of ether oxygens (including phenoxy) is 3. The fourth-order valence-corrected chi connectivity index (χ4v) is 5.61. The topological polar surface area (TPSA) is 91.1 Å². The molecule has 2 aromatic carbocycles. The van der Waals surface area contributed by atoms with Gasteiger partial charge in [-0.15, -0.1) is 0 Å². The number of primary amides is 1. The molecule has 176 valence electrons. The van der Waals surface area contributed by atoms with Crippen molar-refractivity contribution < 1.29 is 23.8 Å². The second-order valence-corrected chi connectivity index (χ2v) is 9.41. The first kappa shape index (κ1) is 21.5. The summed E-state index contributed by atoms with van der Waals surface area (Å²) >= 11 is 0. The van der Waals surface area contributed by atoms with E-state index in [-0.39, 0.29) is 5.91 Å². The molecule has 0 saturated carbocycles. The van der Waals surface area contributed by atoms with E-state index in [2.05, 4.69) is 12.1 Å². The Hall–Kier alpha value is -3.00. The van der Waals surface area contributed by atoms with Gasteiger partial charge < -0.3 is 24.8 Å². The van der Waals surface area contributed by atoms with Gasteiger partial charge in [-0.1, -0.05) is 12.1 Å². The van der Waals surface area contributed by atoms with Crippen LogP contribution >= 0.6 is 0 Å². The fourth-order valence-electron chi connectivity index (χ4n) is 5.61. The maximum Gasteiger partial charge on any atom is 0.254 e. The lowest BCUT2D eigenvalue weighted by Gasteiger charge is -2.31. The van der Waals surface area contributed by atoms with E-state index in [1.165, 1.54) is 5.57 Å². The van der Waals surface area contributed by atoms with Gasteiger partial charge in [0.25, 0.3) is 5.91 Å². The summed E-state index contributed by atoms with van der Waals surface area (Å²) in [6, 6.07) is 9.95. The van der Waals surface area contributed by atoms with Crippen LogP contribution in [-0.4, -0.2) is 62.0 Å². The van der Waals surface area contributed by atoms with E-state index in [9.17, 15) is 9.59 Å². The normalized spacial score (nSPS) is 20.7. The zero-order valence-corrected chi connectivity index (χ0v) is 19.1. The Morgan fingerprint density at radius 3 is 2.47 bits per heavy atom. The lowest BCUT2D eigenvalue weighted by Crippen LogP contribution is -2.40. The van der Waals surface area contributed by atoms with Crippen molar-refractivity contribution in [3.63, 3.8) is 0 Å². The van der Waals surface area contributed by atoms with Gasteiger partial charge in [0.05, 0.1) is 26.4 Å². The molecule has 4 aliphatic rings. The van der Waals surface area contributed by atoms with Gasteiger partial charge in [-0.3, -0.25) is 9.59 Å². The molecule has 2 N–H and O–H groups in total. The van der Waals surface area contributed by atoms with Gasteiger partial charge in [0.15, 0.2) is 5.79 Å². The van der Waals surface area contributed by atoms with Crippen molar-refractivity contribution in [1.29, 1.82) is 0 Å². The molecule has 34 heavy (non-hydrogen) atoms. The van der Waals surface area contributed by atoms with Crippen LogP contribution in [0.5, 0.6) is 0 Å². The second-order valence-electron chi connectivity index (χ2n) is 9.41. The predicted octanol–water partition coefficient (Wildman–Crippen LogP) is 3.14. The zero-order chi connectivity index (χ0) is 23.3. The molecule has 2 aliphatic heterocycles. The second kappa shape index (κ2) is 8.34. The highest BCUT2D eigenvalue weighted by Crippen LogP contribution is 2.43. The summed E-state index contributed by atoms with van der Waals surface area (Å²) < 4.78 is 17.1. The van der Waals surface area contributed by atoms with Crippen LogP contribution in [0, 0.1) is 0 Å². The van der Waals surface area contributed by atoms with Gasteiger partial charge in [0.1, 0.15) is 0 Å². The third-order valence-electron chi connectivity index (χ3n) is 7.44. The van der Waals surface area contributed by atoms with Crippen molar-refractivity contribution in [3.8, 4) is 11.1 Å². The number of nitrogens with two attached hydrogens (primary N) is 1. The molecular weight excluding hydrogens is 432 g/mol. The lowest BCUT2D eigenvalue weighted by molar-refractivity contribution is -0.159. The van der Waals surface area contributed by atoms with Crippen molar-refractivity contribution in [2.24, 2.45) is 5.73 Å². The molecule has 0 aromatic heterocycles. The van der Waals surface area contributed by atoms with Crippen LogP contribution in [0.3, 0.4) is 0 Å². The van der Waals surface area contributed by atoms with Crippen molar-refractivity contribution in [1.82, 2.24) is 4.90 Å². The van der Waals surface area contributed by atoms with Gasteiger partial charge in [0.2, 0.25) is 5.91 Å². The number of carbonyl (C=O) groups excluding carboxylic acids is 2. The predicted molar refractivity (Wildman–Crippen MR) is 126 cm³/mol. The van der Waals surface area contributed by atoms with Crippen LogP contribution < -0.4 is 5.73 Å². The quantitative estimate of drug-likeness (QED) is 0.649. The monoisotopic (exact) mass is 460 g/mol. The van der Waals surface area contributed by atoms with Crippen molar-refractivity contribution >= 4 is 17.4 Å².